The molecular weight excluding hydrogens is 510 g/mol. The lowest BCUT2D eigenvalue weighted by atomic mass is 10.0. The Kier molecular flexibility index (Phi) is 7.87. The number of benzene rings is 4. The second kappa shape index (κ2) is 12.0. The Labute approximate surface area is 229 Å². The lowest BCUT2D eigenvalue weighted by Gasteiger charge is -2.18. The SMILES string of the molecule is COc1ccc(-c2cc(=O)oc3cc(OC(=O)C(NC(=O)OCc4ccccc4)c4ccccc4)ccc23)cc1. The maximum absolute atomic E-state index is 13.3. The van der Waals surface area contributed by atoms with Crippen LogP contribution in [0.25, 0.3) is 22.1 Å². The van der Waals surface area contributed by atoms with Crippen LogP contribution in [0.3, 0.4) is 0 Å². The number of carbonyl (C=O) groups excluding carboxylic acids is 2. The van der Waals surface area contributed by atoms with Gasteiger partial charge < -0.3 is 23.9 Å². The zero-order valence-corrected chi connectivity index (χ0v) is 21.5. The number of amides is 1. The van der Waals surface area contributed by atoms with Crippen LogP contribution in [-0.2, 0) is 16.1 Å². The van der Waals surface area contributed by atoms with Gasteiger partial charge in [-0.25, -0.2) is 14.4 Å². The zero-order chi connectivity index (χ0) is 27.9. The first-order valence-electron chi connectivity index (χ1n) is 12.5. The van der Waals surface area contributed by atoms with Gasteiger partial charge in [0, 0.05) is 17.5 Å². The van der Waals surface area contributed by atoms with Gasteiger partial charge in [0.25, 0.3) is 0 Å². The van der Waals surface area contributed by atoms with Crippen molar-refractivity contribution in [2.75, 3.05) is 7.11 Å². The first-order chi connectivity index (χ1) is 19.5. The summed E-state index contributed by atoms with van der Waals surface area (Å²) < 4.78 is 21.6. The van der Waals surface area contributed by atoms with Crippen molar-refractivity contribution in [2.24, 2.45) is 0 Å². The van der Waals surface area contributed by atoms with E-state index in [9.17, 15) is 14.4 Å². The first kappa shape index (κ1) is 26.2. The van der Waals surface area contributed by atoms with Crippen molar-refractivity contribution >= 4 is 23.0 Å². The number of esters is 1. The first-order valence-corrected chi connectivity index (χ1v) is 12.5. The summed E-state index contributed by atoms with van der Waals surface area (Å²) in [6.45, 7) is 0.0451. The molecule has 5 aromatic rings. The molecule has 1 unspecified atom stereocenters. The Bertz CT molecular complexity index is 1680. The molecule has 5 rings (SSSR count). The lowest BCUT2D eigenvalue weighted by molar-refractivity contribution is -0.136. The molecule has 0 bridgehead atoms. The van der Waals surface area contributed by atoms with E-state index in [0.29, 0.717) is 22.3 Å². The maximum Gasteiger partial charge on any atom is 0.408 e. The molecule has 1 N–H and O–H groups in total. The van der Waals surface area contributed by atoms with Crippen molar-refractivity contribution < 1.29 is 28.2 Å². The fraction of sp³-hybridized carbons (Fsp3) is 0.0938. The monoisotopic (exact) mass is 535 g/mol. The molecule has 40 heavy (non-hydrogen) atoms. The highest BCUT2D eigenvalue weighted by Crippen LogP contribution is 2.31. The number of fused-ring (bicyclic) bond motifs is 1. The van der Waals surface area contributed by atoms with E-state index >= 15 is 0 Å². The Hall–Kier alpha value is -5.37. The minimum Gasteiger partial charge on any atom is -0.497 e. The van der Waals surface area contributed by atoms with Gasteiger partial charge in [-0.3, -0.25) is 0 Å². The molecule has 1 amide bonds. The summed E-state index contributed by atoms with van der Waals surface area (Å²) in [5.74, 6) is 0.0968. The quantitative estimate of drug-likeness (QED) is 0.147. The lowest BCUT2D eigenvalue weighted by Crippen LogP contribution is -2.36. The molecule has 0 aliphatic rings. The minimum atomic E-state index is -1.14. The highest BCUT2D eigenvalue weighted by molar-refractivity contribution is 5.94. The highest BCUT2D eigenvalue weighted by Gasteiger charge is 2.26. The number of carbonyl (C=O) groups is 2. The molecule has 0 spiro atoms. The van der Waals surface area contributed by atoms with Crippen LogP contribution >= 0.6 is 0 Å². The summed E-state index contributed by atoms with van der Waals surface area (Å²) in [7, 11) is 1.58. The molecule has 0 fully saturated rings. The molecule has 0 saturated carbocycles. The normalized spacial score (nSPS) is 11.4. The van der Waals surface area contributed by atoms with Crippen LogP contribution < -0.4 is 20.4 Å². The molecule has 8 nitrogen and oxygen atoms in total. The van der Waals surface area contributed by atoms with Crippen LogP contribution in [0.15, 0.2) is 118 Å². The van der Waals surface area contributed by atoms with E-state index in [1.54, 1.807) is 61.7 Å². The van der Waals surface area contributed by atoms with Crippen molar-refractivity contribution in [3.05, 3.63) is 131 Å². The van der Waals surface area contributed by atoms with Crippen molar-refractivity contribution in [2.45, 2.75) is 12.6 Å². The van der Waals surface area contributed by atoms with E-state index in [4.69, 9.17) is 18.6 Å². The molecule has 0 aliphatic heterocycles. The summed E-state index contributed by atoms with van der Waals surface area (Å²) in [6, 6.07) is 30.2. The highest BCUT2D eigenvalue weighted by atomic mass is 16.6. The second-order valence-electron chi connectivity index (χ2n) is 8.84. The van der Waals surface area contributed by atoms with Gasteiger partial charge >= 0.3 is 17.7 Å². The van der Waals surface area contributed by atoms with Crippen molar-refractivity contribution in [1.82, 2.24) is 5.32 Å². The molecule has 8 heteroatoms. The minimum absolute atomic E-state index is 0.0451. The van der Waals surface area contributed by atoms with Gasteiger partial charge in [0.05, 0.1) is 7.11 Å². The molecule has 4 aromatic carbocycles. The Morgan fingerprint density at radius 2 is 1.50 bits per heavy atom. The number of methoxy groups -OCH3 is 1. The molecule has 1 aromatic heterocycles. The molecular formula is C32H25NO7. The standard InChI is InChI=1S/C32H25NO7/c1-37-24-14-12-22(13-15-24)27-19-29(34)40-28-18-25(16-17-26(27)28)39-31(35)30(23-10-6-3-7-11-23)33-32(36)38-20-21-8-4-2-5-9-21/h2-19,30H,20H2,1H3,(H,33,36). The number of ether oxygens (including phenoxy) is 3. The predicted molar refractivity (Wildman–Crippen MR) is 149 cm³/mol. The number of nitrogens with one attached hydrogen (secondary N) is 1. The van der Waals surface area contributed by atoms with Gasteiger partial charge in [-0.1, -0.05) is 72.8 Å². The van der Waals surface area contributed by atoms with Crippen molar-refractivity contribution in [1.29, 1.82) is 0 Å². The third-order valence-corrected chi connectivity index (χ3v) is 6.18. The van der Waals surface area contributed by atoms with E-state index < -0.39 is 23.7 Å². The summed E-state index contributed by atoms with van der Waals surface area (Å²) in [5.41, 5.74) is 2.48. The van der Waals surface area contributed by atoms with Crippen molar-refractivity contribution in [3.8, 4) is 22.6 Å². The van der Waals surface area contributed by atoms with Crippen LogP contribution in [0, 0.1) is 0 Å². The Morgan fingerprint density at radius 1 is 0.825 bits per heavy atom. The van der Waals surface area contributed by atoms with Gasteiger partial charge in [-0.15, -0.1) is 0 Å². The van der Waals surface area contributed by atoms with E-state index in [0.717, 1.165) is 11.1 Å². The van der Waals surface area contributed by atoms with Crippen LogP contribution in [0.2, 0.25) is 0 Å². The van der Waals surface area contributed by atoms with Crippen LogP contribution in [0.5, 0.6) is 11.5 Å². The zero-order valence-electron chi connectivity index (χ0n) is 21.5. The molecule has 200 valence electrons. The van der Waals surface area contributed by atoms with Crippen LogP contribution in [0.1, 0.15) is 17.2 Å². The Morgan fingerprint density at radius 3 is 2.20 bits per heavy atom. The van der Waals surface area contributed by atoms with Crippen LogP contribution in [-0.4, -0.2) is 19.2 Å². The number of hydrogen-bond acceptors (Lipinski definition) is 7. The second-order valence-corrected chi connectivity index (χ2v) is 8.84. The number of alkyl carbamates (subject to hydrolysis) is 1. The van der Waals surface area contributed by atoms with Gasteiger partial charge in [-0.05, 0) is 46.5 Å². The fourth-order valence-electron chi connectivity index (χ4n) is 4.20. The smallest absolute Gasteiger partial charge is 0.408 e. The topological polar surface area (TPSA) is 104 Å². The number of hydrogen-bond donors (Lipinski definition) is 1. The van der Waals surface area contributed by atoms with Gasteiger partial charge in [0.15, 0.2) is 6.04 Å². The third-order valence-electron chi connectivity index (χ3n) is 6.18. The van der Waals surface area contributed by atoms with E-state index in [1.807, 2.05) is 42.5 Å². The average molecular weight is 536 g/mol. The molecule has 1 heterocycles. The van der Waals surface area contributed by atoms with Gasteiger partial charge in [-0.2, -0.15) is 0 Å². The van der Waals surface area contributed by atoms with Gasteiger partial charge in [0.2, 0.25) is 0 Å². The summed E-state index contributed by atoms with van der Waals surface area (Å²) in [5, 5.41) is 3.25. The molecule has 0 saturated heterocycles. The largest absolute Gasteiger partial charge is 0.497 e. The van der Waals surface area contributed by atoms with E-state index in [2.05, 4.69) is 5.32 Å². The summed E-state index contributed by atoms with van der Waals surface area (Å²) in [6.07, 6.45) is -0.775. The third kappa shape index (κ3) is 6.19. The summed E-state index contributed by atoms with van der Waals surface area (Å²) in [4.78, 5) is 38.2. The fourth-order valence-corrected chi connectivity index (χ4v) is 4.20. The number of rotatable bonds is 8. The predicted octanol–water partition coefficient (Wildman–Crippen LogP) is 6.04. The molecule has 0 radical (unpaired) electrons. The van der Waals surface area contributed by atoms with E-state index in [-0.39, 0.29) is 17.9 Å². The van der Waals surface area contributed by atoms with Crippen LogP contribution in [0.4, 0.5) is 4.79 Å². The average Bonchev–Trinajstić information content (AvgIpc) is 2.99. The van der Waals surface area contributed by atoms with Gasteiger partial charge in [0.1, 0.15) is 23.7 Å². The van der Waals surface area contributed by atoms with E-state index in [1.165, 1.54) is 12.1 Å². The molecule has 0 aliphatic carbocycles. The Balaban J connectivity index is 1.37. The maximum atomic E-state index is 13.3. The molecule has 1 atom stereocenters. The summed E-state index contributed by atoms with van der Waals surface area (Å²) >= 11 is 0. The van der Waals surface area contributed by atoms with Crippen molar-refractivity contribution in [3.63, 3.8) is 0 Å².